The van der Waals surface area contributed by atoms with Gasteiger partial charge in [0, 0.05) is 13.6 Å². The molecule has 2 unspecified atom stereocenters. The molecular formula is C21H24N4O. The zero-order valence-corrected chi connectivity index (χ0v) is 15.0. The van der Waals surface area contributed by atoms with Crippen LogP contribution in [0.5, 0.6) is 0 Å². The van der Waals surface area contributed by atoms with Crippen LogP contribution in [0.4, 0.5) is 0 Å². The molecule has 1 aliphatic heterocycles. The summed E-state index contributed by atoms with van der Waals surface area (Å²) in [7, 11) is 2.01. The molecule has 2 atom stereocenters. The topological polar surface area (TPSA) is 59.0 Å². The first-order valence-corrected chi connectivity index (χ1v) is 9.21. The van der Waals surface area contributed by atoms with Crippen molar-refractivity contribution in [1.82, 2.24) is 20.2 Å². The van der Waals surface area contributed by atoms with E-state index >= 15 is 0 Å². The maximum absolute atomic E-state index is 12.9. The molecule has 1 aromatic heterocycles. The number of carbonyl (C=O) groups is 1. The van der Waals surface area contributed by atoms with Crippen LogP contribution in [-0.4, -0.2) is 28.5 Å². The van der Waals surface area contributed by atoms with Gasteiger partial charge in [-0.1, -0.05) is 42.5 Å². The summed E-state index contributed by atoms with van der Waals surface area (Å²) in [5, 5.41) is 6.58. The molecule has 5 heteroatoms. The van der Waals surface area contributed by atoms with Gasteiger partial charge in [-0.2, -0.15) is 0 Å². The third-order valence-electron chi connectivity index (χ3n) is 5.17. The molecule has 2 N–H and O–H groups in total. The molecule has 1 amide bonds. The highest BCUT2D eigenvalue weighted by Gasteiger charge is 2.27. The zero-order chi connectivity index (χ0) is 17.9. The van der Waals surface area contributed by atoms with Crippen molar-refractivity contribution in [3.63, 3.8) is 0 Å². The maximum atomic E-state index is 12.9. The van der Waals surface area contributed by atoms with Crippen molar-refractivity contribution in [3.05, 3.63) is 66.0 Å². The lowest BCUT2D eigenvalue weighted by molar-refractivity contribution is -0.126. The van der Waals surface area contributed by atoms with Gasteiger partial charge in [0.25, 0.3) is 0 Å². The number of nitrogens with zero attached hydrogens (tertiary/aromatic N) is 2. The zero-order valence-electron chi connectivity index (χ0n) is 15.0. The summed E-state index contributed by atoms with van der Waals surface area (Å²) >= 11 is 0. The van der Waals surface area contributed by atoms with Gasteiger partial charge in [0.15, 0.2) is 0 Å². The largest absolute Gasteiger partial charge is 0.342 e. The van der Waals surface area contributed by atoms with Crippen LogP contribution in [0, 0.1) is 5.92 Å². The van der Waals surface area contributed by atoms with Crippen LogP contribution in [0.2, 0.25) is 0 Å². The molecule has 2 aromatic carbocycles. The van der Waals surface area contributed by atoms with Gasteiger partial charge in [0.1, 0.15) is 11.9 Å². The second-order valence-electron chi connectivity index (χ2n) is 6.91. The lowest BCUT2D eigenvalue weighted by Gasteiger charge is -2.25. The van der Waals surface area contributed by atoms with E-state index < -0.39 is 0 Å². The van der Waals surface area contributed by atoms with Crippen LogP contribution in [-0.2, 0) is 11.8 Å². The molecule has 4 rings (SSSR count). The number of fused-ring (bicyclic) bond motifs is 1. The molecule has 1 fully saturated rings. The number of imidazole rings is 1. The van der Waals surface area contributed by atoms with Crippen molar-refractivity contribution in [1.29, 1.82) is 0 Å². The Labute approximate surface area is 153 Å². The Balaban J connectivity index is 1.71. The summed E-state index contributed by atoms with van der Waals surface area (Å²) in [6.07, 6.45) is 1.98. The van der Waals surface area contributed by atoms with E-state index in [0.717, 1.165) is 48.4 Å². The maximum Gasteiger partial charge on any atom is 0.225 e. The smallest absolute Gasteiger partial charge is 0.225 e. The summed E-state index contributed by atoms with van der Waals surface area (Å²) in [4.78, 5) is 17.7. The number of rotatable bonds is 4. The van der Waals surface area contributed by atoms with Crippen LogP contribution in [0.15, 0.2) is 54.6 Å². The number of aromatic nitrogens is 2. The number of carbonyl (C=O) groups excluding carboxylic acids is 1. The lowest BCUT2D eigenvalue weighted by Crippen LogP contribution is -2.42. The molecule has 3 aromatic rings. The summed E-state index contributed by atoms with van der Waals surface area (Å²) in [6.45, 7) is 1.74. The SMILES string of the molecule is Cn1c(C(NC(=O)C2CCCNC2)c2ccccc2)nc2ccccc21. The number of hydrogen-bond acceptors (Lipinski definition) is 3. The summed E-state index contributed by atoms with van der Waals surface area (Å²) in [6, 6.07) is 17.9. The number of hydrogen-bond donors (Lipinski definition) is 2. The van der Waals surface area contributed by atoms with Gasteiger partial charge in [-0.15, -0.1) is 0 Å². The van der Waals surface area contributed by atoms with Gasteiger partial charge in [0.05, 0.1) is 17.0 Å². The van der Waals surface area contributed by atoms with Crippen LogP contribution in [0.1, 0.15) is 30.3 Å². The Morgan fingerprint density at radius 2 is 1.96 bits per heavy atom. The number of aryl methyl sites for hydroxylation is 1. The number of para-hydroxylation sites is 2. The van der Waals surface area contributed by atoms with Gasteiger partial charge in [0.2, 0.25) is 5.91 Å². The Bertz CT molecular complexity index is 897. The molecule has 0 radical (unpaired) electrons. The van der Waals surface area contributed by atoms with Crippen molar-refractivity contribution in [2.24, 2.45) is 13.0 Å². The first-order valence-electron chi connectivity index (χ1n) is 9.21. The third-order valence-corrected chi connectivity index (χ3v) is 5.17. The third kappa shape index (κ3) is 3.22. The van der Waals surface area contributed by atoms with E-state index in [4.69, 9.17) is 4.98 Å². The van der Waals surface area contributed by atoms with E-state index in [1.54, 1.807) is 0 Å². The Morgan fingerprint density at radius 3 is 2.69 bits per heavy atom. The molecule has 0 bridgehead atoms. The van der Waals surface area contributed by atoms with Crippen LogP contribution >= 0.6 is 0 Å². The fourth-order valence-corrected chi connectivity index (χ4v) is 3.70. The predicted octanol–water partition coefficient (Wildman–Crippen LogP) is 2.78. The molecule has 0 aliphatic carbocycles. The van der Waals surface area contributed by atoms with Gasteiger partial charge in [-0.05, 0) is 37.1 Å². The van der Waals surface area contributed by atoms with Gasteiger partial charge < -0.3 is 15.2 Å². The van der Waals surface area contributed by atoms with E-state index in [0.29, 0.717) is 0 Å². The quantitative estimate of drug-likeness (QED) is 0.762. The number of nitrogens with one attached hydrogen (secondary N) is 2. The highest BCUT2D eigenvalue weighted by molar-refractivity contribution is 5.80. The summed E-state index contributed by atoms with van der Waals surface area (Å²) in [5.41, 5.74) is 3.06. The second-order valence-corrected chi connectivity index (χ2v) is 6.91. The van der Waals surface area contributed by atoms with Gasteiger partial charge >= 0.3 is 0 Å². The number of benzene rings is 2. The van der Waals surface area contributed by atoms with Crippen LogP contribution < -0.4 is 10.6 Å². The van der Waals surface area contributed by atoms with E-state index in [1.165, 1.54) is 0 Å². The molecule has 1 saturated heterocycles. The Kier molecular flexibility index (Phi) is 4.71. The Morgan fingerprint density at radius 1 is 1.19 bits per heavy atom. The average Bonchev–Trinajstić information content (AvgIpc) is 3.04. The fraction of sp³-hybridized carbons (Fsp3) is 0.333. The Hall–Kier alpha value is -2.66. The van der Waals surface area contributed by atoms with E-state index in [-0.39, 0.29) is 17.9 Å². The molecule has 26 heavy (non-hydrogen) atoms. The normalized spacial score (nSPS) is 18.6. The van der Waals surface area contributed by atoms with Gasteiger partial charge in [-0.25, -0.2) is 4.98 Å². The summed E-state index contributed by atoms with van der Waals surface area (Å²) < 4.78 is 2.08. The molecule has 5 nitrogen and oxygen atoms in total. The summed E-state index contributed by atoms with van der Waals surface area (Å²) in [5.74, 6) is 0.970. The van der Waals surface area contributed by atoms with E-state index in [1.807, 2.05) is 55.6 Å². The highest BCUT2D eigenvalue weighted by Crippen LogP contribution is 2.25. The highest BCUT2D eigenvalue weighted by atomic mass is 16.2. The molecule has 0 saturated carbocycles. The number of amides is 1. The van der Waals surface area contributed by atoms with Crippen LogP contribution in [0.25, 0.3) is 11.0 Å². The monoisotopic (exact) mass is 348 g/mol. The second kappa shape index (κ2) is 7.30. The number of piperidine rings is 1. The van der Waals surface area contributed by atoms with E-state index in [9.17, 15) is 4.79 Å². The molecule has 0 spiro atoms. The standard InChI is InChI=1S/C21H24N4O/c1-25-18-12-6-5-11-17(18)23-20(25)19(15-8-3-2-4-9-15)24-21(26)16-10-7-13-22-14-16/h2-6,8-9,11-12,16,19,22H,7,10,13-14H2,1H3,(H,24,26). The minimum Gasteiger partial charge on any atom is -0.342 e. The molecule has 2 heterocycles. The predicted molar refractivity (Wildman–Crippen MR) is 103 cm³/mol. The average molecular weight is 348 g/mol. The minimum absolute atomic E-state index is 0.0182. The minimum atomic E-state index is -0.261. The van der Waals surface area contributed by atoms with Crippen LogP contribution in [0.3, 0.4) is 0 Å². The van der Waals surface area contributed by atoms with Crippen molar-refractivity contribution in [3.8, 4) is 0 Å². The van der Waals surface area contributed by atoms with Crippen molar-refractivity contribution in [2.75, 3.05) is 13.1 Å². The molecular weight excluding hydrogens is 324 g/mol. The fourth-order valence-electron chi connectivity index (χ4n) is 3.70. The van der Waals surface area contributed by atoms with Crippen molar-refractivity contribution in [2.45, 2.75) is 18.9 Å². The van der Waals surface area contributed by atoms with E-state index in [2.05, 4.69) is 21.3 Å². The molecule has 1 aliphatic rings. The lowest BCUT2D eigenvalue weighted by atomic mass is 9.97. The van der Waals surface area contributed by atoms with Crippen molar-refractivity contribution >= 4 is 16.9 Å². The first kappa shape index (κ1) is 16.8. The van der Waals surface area contributed by atoms with Gasteiger partial charge in [-0.3, -0.25) is 4.79 Å². The molecule has 134 valence electrons. The van der Waals surface area contributed by atoms with Crippen molar-refractivity contribution < 1.29 is 4.79 Å². The first-order chi connectivity index (χ1) is 12.7.